The van der Waals surface area contributed by atoms with E-state index in [0.29, 0.717) is 17.8 Å². The first-order valence-corrected chi connectivity index (χ1v) is 9.25. The number of rotatable bonds is 1. The van der Waals surface area contributed by atoms with E-state index in [1.807, 2.05) is 10.7 Å². The fourth-order valence-corrected chi connectivity index (χ4v) is 5.81. The zero-order chi connectivity index (χ0) is 17.2. The summed E-state index contributed by atoms with van der Waals surface area (Å²) in [5, 5.41) is 23.1. The summed E-state index contributed by atoms with van der Waals surface area (Å²) in [6.45, 7) is 2.29. The largest absolute Gasteiger partial charge is 0.497 e. The molecule has 1 N–H and O–H groups in total. The van der Waals surface area contributed by atoms with E-state index in [4.69, 9.17) is 4.74 Å². The fraction of sp³-hybridized carbons (Fsp3) is 0.632. The molecule has 0 radical (unpaired) electrons. The van der Waals surface area contributed by atoms with Crippen LogP contribution in [0.15, 0.2) is 18.2 Å². The molecule has 1 aliphatic heterocycles. The molecule has 6 nitrogen and oxygen atoms in total. The van der Waals surface area contributed by atoms with Crippen LogP contribution in [0.1, 0.15) is 49.9 Å². The lowest BCUT2D eigenvalue weighted by molar-refractivity contribution is -0.0184. The van der Waals surface area contributed by atoms with Crippen LogP contribution in [0.4, 0.5) is 0 Å². The molecule has 0 bridgehead atoms. The van der Waals surface area contributed by atoms with Crippen LogP contribution in [-0.2, 0) is 6.42 Å². The van der Waals surface area contributed by atoms with Crippen LogP contribution in [0.5, 0.6) is 5.75 Å². The van der Waals surface area contributed by atoms with Crippen LogP contribution in [0.2, 0.25) is 0 Å². The maximum absolute atomic E-state index is 10.6. The fourth-order valence-electron chi connectivity index (χ4n) is 5.81. The van der Waals surface area contributed by atoms with E-state index >= 15 is 0 Å². The van der Waals surface area contributed by atoms with Crippen molar-refractivity contribution in [1.29, 1.82) is 0 Å². The molecule has 5 rings (SSSR count). The third kappa shape index (κ3) is 2.03. The Morgan fingerprint density at radius 3 is 3.00 bits per heavy atom. The molecular formula is C19H24N4O2. The quantitative estimate of drug-likeness (QED) is 0.863. The van der Waals surface area contributed by atoms with E-state index in [1.54, 1.807) is 7.11 Å². The van der Waals surface area contributed by atoms with E-state index in [-0.39, 0.29) is 11.5 Å². The number of hydrogen-bond donors (Lipinski definition) is 1. The Morgan fingerprint density at radius 1 is 1.28 bits per heavy atom. The Morgan fingerprint density at radius 2 is 2.16 bits per heavy atom. The predicted molar refractivity (Wildman–Crippen MR) is 91.7 cm³/mol. The SMILES string of the molecule is COc1ccc2c(c1)-n1nnnc1CC1C2CC[C@@]2(C)C1CC[C@@H]2O. The molecular weight excluding hydrogens is 316 g/mol. The van der Waals surface area contributed by atoms with Gasteiger partial charge in [-0.25, -0.2) is 0 Å². The molecule has 5 atom stereocenters. The minimum atomic E-state index is -0.173. The van der Waals surface area contributed by atoms with Gasteiger partial charge in [0.15, 0.2) is 5.82 Å². The lowest BCUT2D eigenvalue weighted by Crippen LogP contribution is -2.43. The zero-order valence-electron chi connectivity index (χ0n) is 14.7. The summed E-state index contributed by atoms with van der Waals surface area (Å²) in [6.07, 6.45) is 4.91. The van der Waals surface area contributed by atoms with Crippen molar-refractivity contribution in [2.75, 3.05) is 7.11 Å². The molecule has 3 unspecified atom stereocenters. The van der Waals surface area contributed by atoms with E-state index < -0.39 is 0 Å². The molecule has 2 saturated carbocycles. The Kier molecular flexibility index (Phi) is 3.23. The summed E-state index contributed by atoms with van der Waals surface area (Å²) in [5.74, 6) is 3.24. The normalized spacial score (nSPS) is 36.0. The highest BCUT2D eigenvalue weighted by Gasteiger charge is 2.54. The van der Waals surface area contributed by atoms with Gasteiger partial charge >= 0.3 is 0 Å². The first-order chi connectivity index (χ1) is 12.1. The maximum Gasteiger partial charge on any atom is 0.157 e. The van der Waals surface area contributed by atoms with Gasteiger partial charge in [0.25, 0.3) is 0 Å². The zero-order valence-corrected chi connectivity index (χ0v) is 14.7. The summed E-state index contributed by atoms with van der Waals surface area (Å²) in [4.78, 5) is 0. The number of fused-ring (bicyclic) bond motifs is 7. The Hall–Kier alpha value is -1.95. The third-order valence-corrected chi connectivity index (χ3v) is 7.20. The molecule has 0 amide bonds. The molecule has 1 aromatic heterocycles. The summed E-state index contributed by atoms with van der Waals surface area (Å²) in [7, 11) is 1.69. The molecule has 25 heavy (non-hydrogen) atoms. The molecule has 0 spiro atoms. The van der Waals surface area contributed by atoms with E-state index in [0.717, 1.165) is 49.4 Å². The van der Waals surface area contributed by atoms with Gasteiger partial charge in [-0.2, -0.15) is 4.68 Å². The Balaban J connectivity index is 1.67. The van der Waals surface area contributed by atoms with Gasteiger partial charge in [-0.05, 0) is 70.9 Å². The number of ether oxygens (including phenoxy) is 1. The topological polar surface area (TPSA) is 73.1 Å². The predicted octanol–water partition coefficient (Wildman–Crippen LogP) is 2.50. The number of hydrogen-bond acceptors (Lipinski definition) is 5. The number of tetrazole rings is 1. The molecule has 2 heterocycles. The van der Waals surface area contributed by atoms with Gasteiger partial charge in [-0.3, -0.25) is 0 Å². The molecule has 3 aliphatic rings. The molecule has 132 valence electrons. The molecule has 6 heteroatoms. The van der Waals surface area contributed by atoms with Crippen molar-refractivity contribution in [3.8, 4) is 11.4 Å². The third-order valence-electron chi connectivity index (χ3n) is 7.20. The summed E-state index contributed by atoms with van der Waals surface area (Å²) in [6, 6.07) is 6.29. The first kappa shape index (κ1) is 15.3. The van der Waals surface area contributed by atoms with Crippen molar-refractivity contribution in [1.82, 2.24) is 20.2 Å². The van der Waals surface area contributed by atoms with Crippen molar-refractivity contribution in [2.24, 2.45) is 17.3 Å². The van der Waals surface area contributed by atoms with Crippen molar-refractivity contribution in [3.63, 3.8) is 0 Å². The van der Waals surface area contributed by atoms with Gasteiger partial charge in [-0.1, -0.05) is 13.0 Å². The smallest absolute Gasteiger partial charge is 0.157 e. The molecule has 1 aromatic carbocycles. The highest BCUT2D eigenvalue weighted by Crippen LogP contribution is 2.60. The average molecular weight is 340 g/mol. The average Bonchev–Trinajstić information content (AvgIpc) is 3.17. The van der Waals surface area contributed by atoms with Crippen LogP contribution < -0.4 is 4.74 Å². The standard InChI is InChI=1S/C19H24N4O2/c1-19-8-7-12-13-4-3-11(25-2)9-16(13)23-18(20-21-22-23)10-14(12)15(19)5-6-17(19)24/h3-4,9,12,14-15,17,24H,5-8,10H2,1-2H3/t12?,14?,15?,17-,19-/m0/s1. The molecule has 2 fully saturated rings. The van der Waals surface area contributed by atoms with Gasteiger partial charge in [0.2, 0.25) is 0 Å². The van der Waals surface area contributed by atoms with E-state index in [1.165, 1.54) is 5.56 Å². The van der Waals surface area contributed by atoms with Gasteiger partial charge in [0.1, 0.15) is 5.75 Å². The number of methoxy groups -OCH3 is 1. The Labute approximate surface area is 147 Å². The van der Waals surface area contributed by atoms with Crippen LogP contribution in [-0.4, -0.2) is 38.5 Å². The van der Waals surface area contributed by atoms with Crippen molar-refractivity contribution in [3.05, 3.63) is 29.6 Å². The highest BCUT2D eigenvalue weighted by atomic mass is 16.5. The van der Waals surface area contributed by atoms with Gasteiger partial charge < -0.3 is 9.84 Å². The van der Waals surface area contributed by atoms with Crippen LogP contribution in [0.3, 0.4) is 0 Å². The highest BCUT2D eigenvalue weighted by molar-refractivity contribution is 5.50. The van der Waals surface area contributed by atoms with E-state index in [2.05, 4.69) is 34.6 Å². The van der Waals surface area contributed by atoms with Gasteiger partial charge in [0.05, 0.1) is 18.9 Å². The van der Waals surface area contributed by atoms with Crippen LogP contribution in [0, 0.1) is 17.3 Å². The van der Waals surface area contributed by atoms with Crippen molar-refractivity contribution >= 4 is 0 Å². The van der Waals surface area contributed by atoms with Crippen LogP contribution >= 0.6 is 0 Å². The summed E-state index contributed by atoms with van der Waals surface area (Å²) >= 11 is 0. The number of aliphatic hydroxyl groups excluding tert-OH is 1. The minimum Gasteiger partial charge on any atom is -0.497 e. The van der Waals surface area contributed by atoms with Crippen molar-refractivity contribution < 1.29 is 9.84 Å². The lowest BCUT2D eigenvalue weighted by Gasteiger charge is -2.47. The first-order valence-electron chi connectivity index (χ1n) is 9.25. The monoisotopic (exact) mass is 340 g/mol. The number of nitrogens with zero attached hydrogens (tertiary/aromatic N) is 4. The van der Waals surface area contributed by atoms with Crippen LogP contribution in [0.25, 0.3) is 5.69 Å². The van der Waals surface area contributed by atoms with Gasteiger partial charge in [0, 0.05) is 12.5 Å². The number of aliphatic hydroxyl groups is 1. The molecule has 0 saturated heterocycles. The van der Waals surface area contributed by atoms with Gasteiger partial charge in [-0.15, -0.1) is 5.10 Å². The second-order valence-corrected chi connectivity index (χ2v) is 8.15. The minimum absolute atomic E-state index is 0.0381. The summed E-state index contributed by atoms with van der Waals surface area (Å²) in [5.41, 5.74) is 2.41. The van der Waals surface area contributed by atoms with E-state index in [9.17, 15) is 5.11 Å². The second kappa shape index (κ2) is 5.27. The molecule has 2 aliphatic carbocycles. The Bertz CT molecular complexity index is 820. The molecule has 2 aromatic rings. The maximum atomic E-state index is 10.6. The second-order valence-electron chi connectivity index (χ2n) is 8.15. The van der Waals surface area contributed by atoms with Crippen molar-refractivity contribution in [2.45, 2.75) is 51.0 Å². The number of benzene rings is 1. The summed E-state index contributed by atoms with van der Waals surface area (Å²) < 4.78 is 7.32. The lowest BCUT2D eigenvalue weighted by atomic mass is 9.58. The number of aromatic nitrogens is 4.